The van der Waals surface area contributed by atoms with E-state index in [0.717, 1.165) is 0 Å². The second-order valence-electron chi connectivity index (χ2n) is 9.25. The Labute approximate surface area is 253 Å². The molecule has 0 bridgehead atoms. The molecule has 0 aromatic heterocycles. The van der Waals surface area contributed by atoms with E-state index < -0.39 is 101 Å². The fourth-order valence-corrected chi connectivity index (χ4v) is 2.73. The molecule has 2 nitrogen and oxygen atoms in total. The highest BCUT2D eigenvalue weighted by Gasteiger charge is 3.01. The van der Waals surface area contributed by atoms with E-state index in [4.69, 9.17) is 0 Å². The van der Waals surface area contributed by atoms with Crippen LogP contribution in [0.15, 0.2) is 12.2 Å². The van der Waals surface area contributed by atoms with E-state index >= 15 is 0 Å². The van der Waals surface area contributed by atoms with Crippen LogP contribution in [-0.4, -0.2) is 89.3 Å². The lowest BCUT2D eigenvalue weighted by Gasteiger charge is -2.46. The van der Waals surface area contributed by atoms with Crippen LogP contribution < -0.4 is 0 Å². The Morgan fingerprint density at radius 3 is 0.740 bits per heavy atom. The second kappa shape index (κ2) is 11.9. The van der Waals surface area contributed by atoms with Gasteiger partial charge in [0, 0.05) is 5.57 Å². The van der Waals surface area contributed by atoms with Gasteiger partial charge in [-0.05, 0) is 6.42 Å². The molecule has 0 rings (SSSR count). The van der Waals surface area contributed by atoms with Crippen LogP contribution in [0.1, 0.15) is 13.3 Å². The molecule has 0 aliphatic heterocycles. The molecule has 0 aliphatic rings. The van der Waals surface area contributed by atoms with Crippen LogP contribution in [-0.2, 0) is 9.53 Å². The molecule has 31 heteroatoms. The summed E-state index contributed by atoms with van der Waals surface area (Å²) < 4.78 is 392. The summed E-state index contributed by atoms with van der Waals surface area (Å²) in [7, 11) is 0. The monoisotopic (exact) mass is 818 g/mol. The summed E-state index contributed by atoms with van der Waals surface area (Å²) in [5.74, 6) is -118. The Kier molecular flexibility index (Phi) is 11.2. The van der Waals surface area contributed by atoms with Crippen LogP contribution in [0.4, 0.5) is 127 Å². The van der Waals surface area contributed by atoms with Gasteiger partial charge in [0.05, 0.1) is 0 Å². The number of rotatable bonds is 15. The van der Waals surface area contributed by atoms with Crippen LogP contribution in [0.25, 0.3) is 0 Å². The summed E-state index contributed by atoms with van der Waals surface area (Å²) >= 11 is 0. The molecule has 50 heavy (non-hydrogen) atoms. The fraction of sp³-hybridized carbons (Fsp3) is 0.842. The summed E-state index contributed by atoms with van der Waals surface area (Å²) in [5, 5.41) is 0. The van der Waals surface area contributed by atoms with Crippen molar-refractivity contribution < 1.29 is 137 Å². The maximum Gasteiger partial charge on any atom is 0.473 e. The zero-order valence-electron chi connectivity index (χ0n) is 22.2. The number of ether oxygens (including phenoxy) is 1. The first-order valence-corrected chi connectivity index (χ1v) is 11.0. The topological polar surface area (TPSA) is 26.3 Å². The van der Waals surface area contributed by atoms with Crippen LogP contribution in [0, 0.1) is 0 Å². The number of esters is 1. The summed E-state index contributed by atoms with van der Waals surface area (Å²) in [6, 6.07) is 0. The van der Waals surface area contributed by atoms with Crippen LogP contribution in [0.3, 0.4) is 0 Å². The minimum absolute atomic E-state index is 0.686. The molecule has 298 valence electrons. The molecule has 0 spiro atoms. The Hall–Kier alpha value is -2.82. The molecule has 0 unspecified atom stereocenters. The predicted octanol–water partition coefficient (Wildman–Crippen LogP) is 10.3. The van der Waals surface area contributed by atoms with Crippen molar-refractivity contribution in [2.75, 3.05) is 0 Å². The molecule has 0 aromatic rings. The first-order chi connectivity index (χ1) is 21.1. The van der Waals surface area contributed by atoms with Crippen molar-refractivity contribution in [1.29, 1.82) is 0 Å². The SMILES string of the molecule is C=C(CC)C(=O)OC(F)(F)C(F)(F)C(F)(F)C(F)(F)C(F)(F)C(F)(F)C(F)(F)C(F)(F)C(F)(F)C(F)(F)C(F)(F)C(F)(F)C(F)(F)C(F)(F)F. The van der Waals surface area contributed by atoms with Crippen molar-refractivity contribution in [3.8, 4) is 0 Å². The van der Waals surface area contributed by atoms with Crippen LogP contribution in [0.2, 0.25) is 0 Å². The number of halogens is 29. The third-order valence-corrected chi connectivity index (χ3v) is 6.00. The Morgan fingerprint density at radius 2 is 0.560 bits per heavy atom. The van der Waals surface area contributed by atoms with Gasteiger partial charge in [0.15, 0.2) is 0 Å². The van der Waals surface area contributed by atoms with E-state index in [2.05, 4.69) is 11.3 Å². The third kappa shape index (κ3) is 5.63. The summed E-state index contributed by atoms with van der Waals surface area (Å²) in [6.45, 7) is 3.09. The van der Waals surface area contributed by atoms with E-state index in [1.54, 1.807) is 0 Å². The zero-order valence-corrected chi connectivity index (χ0v) is 22.2. The number of hydrogen-bond acceptors (Lipinski definition) is 2. The Morgan fingerprint density at radius 1 is 0.380 bits per heavy atom. The molecular formula is C19H7F29O2. The molecule has 0 heterocycles. The largest absolute Gasteiger partial charge is 0.473 e. The minimum atomic E-state index is -9.99. The second-order valence-corrected chi connectivity index (χ2v) is 9.25. The summed E-state index contributed by atoms with van der Waals surface area (Å²) in [5.41, 5.74) is -1.50. The fourth-order valence-electron chi connectivity index (χ4n) is 2.73. The molecule has 0 saturated carbocycles. The first kappa shape index (κ1) is 47.2. The van der Waals surface area contributed by atoms with Gasteiger partial charge in [0.1, 0.15) is 0 Å². The molecule has 0 aliphatic carbocycles. The normalized spacial score (nSPS) is 16.4. The zero-order chi connectivity index (χ0) is 41.6. The molecule has 0 fully saturated rings. The third-order valence-electron chi connectivity index (χ3n) is 6.00. The summed E-state index contributed by atoms with van der Waals surface area (Å²) in [6.07, 6.45) is -17.0. The molecule has 0 N–H and O–H groups in total. The molecule has 0 amide bonds. The van der Waals surface area contributed by atoms with Crippen LogP contribution in [0.5, 0.6) is 0 Å². The van der Waals surface area contributed by atoms with Gasteiger partial charge in [-0.3, -0.25) is 0 Å². The van der Waals surface area contributed by atoms with Crippen molar-refractivity contribution in [1.82, 2.24) is 0 Å². The van der Waals surface area contributed by atoms with E-state index in [1.165, 1.54) is 0 Å². The lowest BCUT2D eigenvalue weighted by atomic mass is 9.84. The minimum Gasteiger partial charge on any atom is -0.393 e. The van der Waals surface area contributed by atoms with E-state index in [1.807, 2.05) is 0 Å². The Balaban J connectivity index is 7.52. The summed E-state index contributed by atoms with van der Waals surface area (Å²) in [4.78, 5) is 11.1. The van der Waals surface area contributed by atoms with Gasteiger partial charge in [0.25, 0.3) is 0 Å². The number of carbonyl (C=O) groups excluding carboxylic acids is 1. The van der Waals surface area contributed by atoms with Gasteiger partial charge in [-0.15, -0.1) is 0 Å². The molecule has 0 radical (unpaired) electrons. The average molecular weight is 818 g/mol. The van der Waals surface area contributed by atoms with Crippen molar-refractivity contribution in [3.63, 3.8) is 0 Å². The van der Waals surface area contributed by atoms with Gasteiger partial charge in [-0.2, -0.15) is 127 Å². The van der Waals surface area contributed by atoms with Crippen molar-refractivity contribution in [2.24, 2.45) is 0 Å². The smallest absolute Gasteiger partial charge is 0.393 e. The number of alkyl halides is 29. The highest BCUT2D eigenvalue weighted by atomic mass is 19.4. The van der Waals surface area contributed by atoms with E-state index in [0.29, 0.717) is 6.92 Å². The van der Waals surface area contributed by atoms with Crippen LogP contribution >= 0.6 is 0 Å². The van der Waals surface area contributed by atoms with Gasteiger partial charge < -0.3 is 4.74 Å². The van der Waals surface area contributed by atoms with E-state index in [9.17, 15) is 132 Å². The quantitative estimate of drug-likeness (QED) is 0.0935. The van der Waals surface area contributed by atoms with Crippen molar-refractivity contribution in [2.45, 2.75) is 96.7 Å². The predicted molar refractivity (Wildman–Crippen MR) is 95.9 cm³/mol. The van der Waals surface area contributed by atoms with Gasteiger partial charge >= 0.3 is 89.3 Å². The maximum absolute atomic E-state index is 13.8. The number of carbonyl (C=O) groups is 1. The van der Waals surface area contributed by atoms with Gasteiger partial charge in [-0.1, -0.05) is 13.5 Å². The van der Waals surface area contributed by atoms with Crippen molar-refractivity contribution >= 4 is 5.97 Å². The highest BCUT2D eigenvalue weighted by molar-refractivity contribution is 5.87. The Bertz CT molecular complexity index is 1290. The molecule has 0 aromatic carbocycles. The molecule has 0 saturated heterocycles. The molecular weight excluding hydrogens is 811 g/mol. The highest BCUT2D eigenvalue weighted by Crippen LogP contribution is 2.69. The maximum atomic E-state index is 13.8. The lowest BCUT2D eigenvalue weighted by Crippen LogP contribution is -2.79. The van der Waals surface area contributed by atoms with Crippen molar-refractivity contribution in [3.05, 3.63) is 12.2 Å². The van der Waals surface area contributed by atoms with E-state index in [-0.39, 0.29) is 0 Å². The first-order valence-electron chi connectivity index (χ1n) is 11.0. The standard InChI is InChI=1S/C19H7F29O2/c1-3-4(2)5(49)50-19(47,48)17(42,43)15(38,39)13(34,35)11(30,31)9(26,27)7(22,23)6(20,21)8(24,25)10(28,29)12(32,33)14(36,37)16(40,41)18(44,45)46/h2-3H2,1H3. The molecule has 0 atom stereocenters. The average Bonchev–Trinajstić information content (AvgIpc) is 2.90. The number of hydrogen-bond donors (Lipinski definition) is 0. The van der Waals surface area contributed by atoms with Gasteiger partial charge in [-0.25, -0.2) is 4.79 Å². The lowest BCUT2D eigenvalue weighted by molar-refractivity contribution is -0.491. The van der Waals surface area contributed by atoms with Gasteiger partial charge in [0.2, 0.25) is 0 Å².